The van der Waals surface area contributed by atoms with Crippen LogP contribution in [0.15, 0.2) is 0 Å². The molecule has 0 aromatic heterocycles. The fourth-order valence-electron chi connectivity index (χ4n) is 2.90. The van der Waals surface area contributed by atoms with Crippen molar-refractivity contribution in [3.63, 3.8) is 0 Å². The number of likely N-dealkylation sites (N-methyl/N-ethyl adjacent to an activating group) is 1. The lowest BCUT2D eigenvalue weighted by molar-refractivity contribution is 0.0339. The van der Waals surface area contributed by atoms with Crippen LogP contribution in [0.3, 0.4) is 0 Å². The van der Waals surface area contributed by atoms with E-state index >= 15 is 0 Å². The van der Waals surface area contributed by atoms with Crippen molar-refractivity contribution in [2.24, 2.45) is 0 Å². The number of piperazine rings is 1. The first kappa shape index (κ1) is 14.9. The van der Waals surface area contributed by atoms with E-state index in [-0.39, 0.29) is 0 Å². The highest BCUT2D eigenvalue weighted by Gasteiger charge is 2.29. The summed E-state index contributed by atoms with van der Waals surface area (Å²) in [5, 5.41) is 3.51. The van der Waals surface area contributed by atoms with Crippen LogP contribution < -0.4 is 5.32 Å². The van der Waals surface area contributed by atoms with Crippen molar-refractivity contribution in [1.82, 2.24) is 15.1 Å². The molecule has 4 unspecified atom stereocenters. The van der Waals surface area contributed by atoms with Gasteiger partial charge in [0, 0.05) is 37.3 Å². The lowest BCUT2D eigenvalue weighted by atomic mass is 10.0. The summed E-state index contributed by atoms with van der Waals surface area (Å²) in [6, 6.07) is 2.66. The van der Waals surface area contributed by atoms with Gasteiger partial charge in [-0.1, -0.05) is 6.92 Å². The molecule has 4 atom stereocenters. The van der Waals surface area contributed by atoms with Crippen LogP contribution in [0.4, 0.5) is 0 Å². The zero-order chi connectivity index (χ0) is 13.0. The Labute approximate surface area is 108 Å². The number of nitrogens with one attached hydrogen (secondary N) is 1. The van der Waals surface area contributed by atoms with Gasteiger partial charge in [-0.25, -0.2) is 0 Å². The number of rotatable bonds is 5. The third-order valence-corrected chi connectivity index (χ3v) is 4.26. The molecule has 1 saturated heterocycles. The topological polar surface area (TPSA) is 18.5 Å². The SMILES string of the molecule is CCNC(C)CC(C)N1CC(C)N(C)C(C)C1. The first-order valence-corrected chi connectivity index (χ1v) is 7.15. The van der Waals surface area contributed by atoms with Crippen LogP contribution in [-0.4, -0.2) is 60.6 Å². The number of hydrogen-bond donors (Lipinski definition) is 1. The second-order valence-corrected chi connectivity index (χ2v) is 5.86. The second-order valence-electron chi connectivity index (χ2n) is 5.86. The van der Waals surface area contributed by atoms with Crippen molar-refractivity contribution in [2.45, 2.75) is 65.2 Å². The van der Waals surface area contributed by atoms with E-state index in [1.54, 1.807) is 0 Å². The predicted molar refractivity (Wildman–Crippen MR) is 75.5 cm³/mol. The first-order valence-electron chi connectivity index (χ1n) is 7.15. The zero-order valence-electron chi connectivity index (χ0n) is 12.5. The molecule has 1 heterocycles. The molecule has 17 heavy (non-hydrogen) atoms. The summed E-state index contributed by atoms with van der Waals surface area (Å²) in [6.07, 6.45) is 1.25. The maximum absolute atomic E-state index is 3.51. The number of nitrogens with zero attached hydrogens (tertiary/aromatic N) is 2. The largest absolute Gasteiger partial charge is 0.314 e. The Morgan fingerprint density at radius 1 is 1.18 bits per heavy atom. The summed E-state index contributed by atoms with van der Waals surface area (Å²) >= 11 is 0. The van der Waals surface area contributed by atoms with Crippen LogP contribution >= 0.6 is 0 Å². The van der Waals surface area contributed by atoms with Gasteiger partial charge in [0.15, 0.2) is 0 Å². The van der Waals surface area contributed by atoms with E-state index in [2.05, 4.69) is 56.8 Å². The Hall–Kier alpha value is -0.120. The highest BCUT2D eigenvalue weighted by Crippen LogP contribution is 2.17. The molecule has 0 aromatic carbocycles. The van der Waals surface area contributed by atoms with Crippen molar-refractivity contribution in [2.75, 3.05) is 26.7 Å². The van der Waals surface area contributed by atoms with E-state index in [1.807, 2.05) is 0 Å². The molecular formula is C14H31N3. The fraction of sp³-hybridized carbons (Fsp3) is 1.00. The standard InChI is InChI=1S/C14H31N3/c1-7-15-11(2)8-12(3)17-9-13(4)16(6)14(5)10-17/h11-15H,7-10H2,1-6H3. The Morgan fingerprint density at radius 3 is 2.18 bits per heavy atom. The van der Waals surface area contributed by atoms with Gasteiger partial charge < -0.3 is 5.32 Å². The van der Waals surface area contributed by atoms with E-state index < -0.39 is 0 Å². The predicted octanol–water partition coefficient (Wildman–Crippen LogP) is 1.79. The molecule has 1 rings (SSSR count). The third kappa shape index (κ3) is 4.23. The average molecular weight is 241 g/mol. The van der Waals surface area contributed by atoms with Gasteiger partial charge in [-0.05, 0) is 47.7 Å². The molecule has 102 valence electrons. The third-order valence-electron chi connectivity index (χ3n) is 4.26. The monoisotopic (exact) mass is 241 g/mol. The van der Waals surface area contributed by atoms with Crippen molar-refractivity contribution in [3.05, 3.63) is 0 Å². The maximum Gasteiger partial charge on any atom is 0.0195 e. The summed E-state index contributed by atoms with van der Waals surface area (Å²) in [5.74, 6) is 0. The summed E-state index contributed by atoms with van der Waals surface area (Å²) in [5.41, 5.74) is 0. The van der Waals surface area contributed by atoms with Gasteiger partial charge in [0.2, 0.25) is 0 Å². The van der Waals surface area contributed by atoms with Crippen molar-refractivity contribution in [1.29, 1.82) is 0 Å². The van der Waals surface area contributed by atoms with Crippen LogP contribution in [0.2, 0.25) is 0 Å². The molecule has 0 aromatic rings. The summed E-state index contributed by atoms with van der Waals surface area (Å²) in [6.45, 7) is 15.0. The minimum absolute atomic E-state index is 0.625. The molecule has 0 amide bonds. The minimum Gasteiger partial charge on any atom is -0.314 e. The van der Waals surface area contributed by atoms with Crippen molar-refractivity contribution >= 4 is 0 Å². The van der Waals surface area contributed by atoms with Gasteiger partial charge in [0.1, 0.15) is 0 Å². The van der Waals surface area contributed by atoms with E-state index in [4.69, 9.17) is 0 Å². The van der Waals surface area contributed by atoms with Crippen molar-refractivity contribution in [3.8, 4) is 0 Å². The molecule has 0 radical (unpaired) electrons. The Morgan fingerprint density at radius 2 is 1.71 bits per heavy atom. The van der Waals surface area contributed by atoms with Crippen molar-refractivity contribution < 1.29 is 0 Å². The molecule has 1 fully saturated rings. The van der Waals surface area contributed by atoms with Gasteiger partial charge in [-0.15, -0.1) is 0 Å². The maximum atomic E-state index is 3.51. The molecular weight excluding hydrogens is 210 g/mol. The fourth-order valence-corrected chi connectivity index (χ4v) is 2.90. The highest BCUT2D eigenvalue weighted by molar-refractivity contribution is 4.86. The van der Waals surface area contributed by atoms with Gasteiger partial charge in [0.25, 0.3) is 0 Å². The average Bonchev–Trinajstić information content (AvgIpc) is 2.25. The highest BCUT2D eigenvalue weighted by atomic mass is 15.3. The van der Waals surface area contributed by atoms with E-state index in [0.717, 1.165) is 6.54 Å². The number of hydrogen-bond acceptors (Lipinski definition) is 3. The summed E-state index contributed by atoms with van der Waals surface area (Å²) in [4.78, 5) is 5.15. The molecule has 0 aliphatic carbocycles. The lowest BCUT2D eigenvalue weighted by Gasteiger charge is -2.45. The summed E-state index contributed by atoms with van der Waals surface area (Å²) in [7, 11) is 2.25. The van der Waals surface area contributed by atoms with Crippen LogP contribution in [-0.2, 0) is 0 Å². The zero-order valence-corrected chi connectivity index (χ0v) is 12.5. The van der Waals surface area contributed by atoms with Gasteiger partial charge in [-0.3, -0.25) is 9.80 Å². The van der Waals surface area contributed by atoms with Crippen LogP contribution in [0.1, 0.15) is 41.0 Å². The molecule has 1 aliphatic rings. The molecule has 3 heteroatoms. The Kier molecular flexibility index (Phi) is 5.90. The van der Waals surface area contributed by atoms with E-state index in [0.29, 0.717) is 24.2 Å². The Bertz CT molecular complexity index is 208. The molecule has 0 spiro atoms. The molecule has 3 nitrogen and oxygen atoms in total. The van der Waals surface area contributed by atoms with Gasteiger partial charge in [-0.2, -0.15) is 0 Å². The van der Waals surface area contributed by atoms with Crippen LogP contribution in [0, 0.1) is 0 Å². The normalized spacial score (nSPS) is 31.4. The molecule has 0 saturated carbocycles. The van der Waals surface area contributed by atoms with E-state index in [9.17, 15) is 0 Å². The van der Waals surface area contributed by atoms with E-state index in [1.165, 1.54) is 19.5 Å². The summed E-state index contributed by atoms with van der Waals surface area (Å²) < 4.78 is 0. The van der Waals surface area contributed by atoms with Crippen LogP contribution in [0.5, 0.6) is 0 Å². The van der Waals surface area contributed by atoms with Gasteiger partial charge in [0.05, 0.1) is 0 Å². The molecule has 0 bridgehead atoms. The first-order chi connectivity index (χ1) is 7.95. The smallest absolute Gasteiger partial charge is 0.0195 e. The molecule has 1 aliphatic heterocycles. The Balaban J connectivity index is 2.44. The van der Waals surface area contributed by atoms with Crippen LogP contribution in [0.25, 0.3) is 0 Å². The quantitative estimate of drug-likeness (QED) is 0.792. The van der Waals surface area contributed by atoms with Gasteiger partial charge >= 0.3 is 0 Å². The molecule has 1 N–H and O–H groups in total. The second kappa shape index (κ2) is 6.72. The lowest BCUT2D eigenvalue weighted by Crippen LogP contribution is -2.57. The minimum atomic E-state index is 0.625.